The fraction of sp³-hybridized carbons (Fsp3) is 0.333. The molecule has 17 heavy (non-hydrogen) atoms. The van der Waals surface area contributed by atoms with Crippen LogP contribution in [0.15, 0.2) is 24.3 Å². The number of ether oxygens (including phenoxy) is 2. The predicted molar refractivity (Wildman–Crippen MR) is 61.8 cm³/mol. The van der Waals surface area contributed by atoms with Gasteiger partial charge >= 0.3 is 6.16 Å². The quantitative estimate of drug-likeness (QED) is 0.631. The van der Waals surface area contributed by atoms with Crippen molar-refractivity contribution in [1.82, 2.24) is 0 Å². The Bertz CT molecular complexity index is 434. The molecule has 0 saturated carbocycles. The van der Waals surface area contributed by atoms with Gasteiger partial charge in [0.25, 0.3) is 5.91 Å². The van der Waals surface area contributed by atoms with E-state index < -0.39 is 17.7 Å². The Balaban J connectivity index is 2.82. The summed E-state index contributed by atoms with van der Waals surface area (Å²) >= 11 is 0. The van der Waals surface area contributed by atoms with Gasteiger partial charge in [-0.2, -0.15) is 0 Å². The Kier molecular flexibility index (Phi) is 3.73. The molecule has 1 aromatic carbocycles. The van der Waals surface area contributed by atoms with E-state index in [0.717, 1.165) is 0 Å². The van der Waals surface area contributed by atoms with Crippen molar-refractivity contribution in [3.8, 4) is 5.75 Å². The highest BCUT2D eigenvalue weighted by Gasteiger charge is 2.19. The molecule has 0 radical (unpaired) electrons. The van der Waals surface area contributed by atoms with E-state index in [-0.39, 0.29) is 11.3 Å². The Hall–Kier alpha value is -2.04. The minimum atomic E-state index is -0.869. The van der Waals surface area contributed by atoms with Crippen LogP contribution in [0.25, 0.3) is 0 Å². The Labute approximate surface area is 99.5 Å². The van der Waals surface area contributed by atoms with Gasteiger partial charge in [-0.25, -0.2) is 4.79 Å². The van der Waals surface area contributed by atoms with E-state index in [9.17, 15) is 9.59 Å². The number of para-hydroxylation sites is 1. The van der Waals surface area contributed by atoms with E-state index in [0.29, 0.717) is 0 Å². The first-order valence-electron chi connectivity index (χ1n) is 5.09. The number of hydrogen-bond donors (Lipinski definition) is 1. The summed E-state index contributed by atoms with van der Waals surface area (Å²) in [7, 11) is 0. The van der Waals surface area contributed by atoms with E-state index in [2.05, 4.69) is 0 Å². The molecule has 1 aromatic rings. The van der Waals surface area contributed by atoms with Crippen LogP contribution in [0.4, 0.5) is 4.79 Å². The van der Waals surface area contributed by atoms with Crippen molar-refractivity contribution in [3.05, 3.63) is 29.8 Å². The van der Waals surface area contributed by atoms with E-state index in [1.807, 2.05) is 0 Å². The van der Waals surface area contributed by atoms with Gasteiger partial charge in [-0.05, 0) is 32.9 Å². The zero-order chi connectivity index (χ0) is 13.1. The lowest BCUT2D eigenvalue weighted by molar-refractivity contribution is 0.0205. The molecular formula is C12H15NO4. The zero-order valence-corrected chi connectivity index (χ0v) is 10.0. The second kappa shape index (κ2) is 4.86. The van der Waals surface area contributed by atoms with E-state index in [4.69, 9.17) is 15.2 Å². The molecule has 1 amide bonds. The van der Waals surface area contributed by atoms with Crippen LogP contribution in [0.2, 0.25) is 0 Å². The lowest BCUT2D eigenvalue weighted by Crippen LogP contribution is -2.26. The van der Waals surface area contributed by atoms with Crippen LogP contribution < -0.4 is 10.5 Å². The molecule has 0 heterocycles. The third-order valence-electron chi connectivity index (χ3n) is 1.74. The molecule has 5 heteroatoms. The predicted octanol–water partition coefficient (Wildman–Crippen LogP) is 2.10. The standard InChI is InChI=1S/C12H15NO4/c1-12(2,3)17-11(15)16-9-7-5-4-6-8(9)10(13)14/h4-7H,1-3H3,(H2,13,14). The first-order valence-corrected chi connectivity index (χ1v) is 5.09. The fourth-order valence-corrected chi connectivity index (χ4v) is 1.12. The zero-order valence-electron chi connectivity index (χ0n) is 10.0. The van der Waals surface area contributed by atoms with Crippen molar-refractivity contribution in [1.29, 1.82) is 0 Å². The molecule has 0 fully saturated rings. The highest BCUT2D eigenvalue weighted by atomic mass is 16.7. The maximum Gasteiger partial charge on any atom is 0.514 e. The first kappa shape index (κ1) is 13.0. The second-order valence-electron chi connectivity index (χ2n) is 4.43. The van der Waals surface area contributed by atoms with Crippen LogP contribution in [0.3, 0.4) is 0 Å². The van der Waals surface area contributed by atoms with Crippen LogP contribution in [0, 0.1) is 0 Å². The molecule has 0 spiro atoms. The van der Waals surface area contributed by atoms with Crippen LogP contribution >= 0.6 is 0 Å². The van der Waals surface area contributed by atoms with Crippen molar-refractivity contribution in [3.63, 3.8) is 0 Å². The number of rotatable bonds is 2. The SMILES string of the molecule is CC(C)(C)OC(=O)Oc1ccccc1C(N)=O. The summed E-state index contributed by atoms with van der Waals surface area (Å²) in [5, 5.41) is 0. The van der Waals surface area contributed by atoms with Gasteiger partial charge in [0.1, 0.15) is 11.4 Å². The molecule has 0 atom stereocenters. The second-order valence-corrected chi connectivity index (χ2v) is 4.43. The maximum absolute atomic E-state index is 11.4. The summed E-state index contributed by atoms with van der Waals surface area (Å²) in [5.41, 5.74) is 4.63. The van der Waals surface area contributed by atoms with Crippen LogP contribution in [-0.2, 0) is 4.74 Å². The summed E-state index contributed by atoms with van der Waals surface area (Å²) in [5.74, 6) is -0.571. The van der Waals surface area contributed by atoms with E-state index in [1.165, 1.54) is 12.1 Å². The summed E-state index contributed by atoms with van der Waals surface area (Å²) in [6.45, 7) is 5.15. The monoisotopic (exact) mass is 237 g/mol. The van der Waals surface area contributed by atoms with Crippen molar-refractivity contribution >= 4 is 12.1 Å². The topological polar surface area (TPSA) is 78.6 Å². The van der Waals surface area contributed by atoms with Crippen molar-refractivity contribution in [2.45, 2.75) is 26.4 Å². The molecule has 1 rings (SSSR count). The Morgan fingerprint density at radius 1 is 1.18 bits per heavy atom. The van der Waals surface area contributed by atoms with E-state index in [1.54, 1.807) is 32.9 Å². The third-order valence-corrected chi connectivity index (χ3v) is 1.74. The summed E-state index contributed by atoms with van der Waals surface area (Å²) in [6, 6.07) is 6.21. The number of nitrogens with two attached hydrogens (primary N) is 1. The molecule has 5 nitrogen and oxygen atoms in total. The summed E-state index contributed by atoms with van der Waals surface area (Å²) in [4.78, 5) is 22.5. The molecule has 0 aliphatic heterocycles. The molecule has 0 unspecified atom stereocenters. The summed E-state index contributed by atoms with van der Waals surface area (Å²) in [6.07, 6.45) is -0.869. The minimum absolute atomic E-state index is 0.0919. The van der Waals surface area contributed by atoms with Gasteiger partial charge < -0.3 is 15.2 Å². The van der Waals surface area contributed by atoms with Crippen molar-refractivity contribution in [2.24, 2.45) is 5.73 Å². The Morgan fingerprint density at radius 2 is 1.76 bits per heavy atom. The van der Waals surface area contributed by atoms with Crippen LogP contribution in [-0.4, -0.2) is 17.7 Å². The van der Waals surface area contributed by atoms with Gasteiger partial charge in [0.05, 0.1) is 5.56 Å². The van der Waals surface area contributed by atoms with Crippen LogP contribution in [0.1, 0.15) is 31.1 Å². The number of carbonyl (C=O) groups excluding carboxylic acids is 2. The highest BCUT2D eigenvalue weighted by molar-refractivity contribution is 5.96. The lowest BCUT2D eigenvalue weighted by Gasteiger charge is -2.19. The van der Waals surface area contributed by atoms with Crippen molar-refractivity contribution in [2.75, 3.05) is 0 Å². The number of benzene rings is 1. The van der Waals surface area contributed by atoms with Gasteiger partial charge in [0.15, 0.2) is 0 Å². The molecule has 0 aliphatic carbocycles. The molecule has 0 aromatic heterocycles. The lowest BCUT2D eigenvalue weighted by atomic mass is 10.2. The van der Waals surface area contributed by atoms with Gasteiger partial charge in [-0.3, -0.25) is 4.79 Å². The average Bonchev–Trinajstić information content (AvgIpc) is 2.14. The summed E-state index contributed by atoms with van der Waals surface area (Å²) < 4.78 is 9.88. The van der Waals surface area contributed by atoms with Crippen molar-refractivity contribution < 1.29 is 19.1 Å². The number of amides is 1. The average molecular weight is 237 g/mol. The van der Waals surface area contributed by atoms with Crippen LogP contribution in [0.5, 0.6) is 5.75 Å². The number of primary amides is 1. The van der Waals surface area contributed by atoms with Gasteiger partial charge in [-0.1, -0.05) is 12.1 Å². The fourth-order valence-electron chi connectivity index (χ4n) is 1.12. The van der Waals surface area contributed by atoms with E-state index >= 15 is 0 Å². The maximum atomic E-state index is 11.4. The molecular weight excluding hydrogens is 222 g/mol. The largest absolute Gasteiger partial charge is 0.514 e. The molecule has 92 valence electrons. The first-order chi connectivity index (χ1) is 7.79. The third kappa shape index (κ3) is 4.14. The molecule has 0 saturated heterocycles. The molecule has 2 N–H and O–H groups in total. The van der Waals surface area contributed by atoms with Gasteiger partial charge in [-0.15, -0.1) is 0 Å². The Morgan fingerprint density at radius 3 is 2.29 bits per heavy atom. The van der Waals surface area contributed by atoms with Gasteiger partial charge in [0, 0.05) is 0 Å². The number of hydrogen-bond acceptors (Lipinski definition) is 4. The molecule has 0 bridgehead atoms. The smallest absolute Gasteiger partial charge is 0.428 e. The highest BCUT2D eigenvalue weighted by Crippen LogP contribution is 2.19. The molecule has 0 aliphatic rings. The number of carbonyl (C=O) groups is 2. The van der Waals surface area contributed by atoms with Gasteiger partial charge in [0.2, 0.25) is 0 Å². The minimum Gasteiger partial charge on any atom is -0.428 e. The normalized spacial score (nSPS) is 10.8.